The number of ketones is 1. The van der Waals surface area contributed by atoms with Crippen LogP contribution in [0.15, 0.2) is 46.9 Å². The summed E-state index contributed by atoms with van der Waals surface area (Å²) in [7, 11) is 0. The van der Waals surface area contributed by atoms with Crippen molar-refractivity contribution in [2.45, 2.75) is 43.9 Å². The molecule has 0 spiro atoms. The minimum absolute atomic E-state index is 0.0638. The van der Waals surface area contributed by atoms with Crippen molar-refractivity contribution in [1.82, 2.24) is 0 Å². The highest BCUT2D eigenvalue weighted by atomic mass is 79.9. The Morgan fingerprint density at radius 1 is 0.962 bits per heavy atom. The summed E-state index contributed by atoms with van der Waals surface area (Å²) in [6.45, 7) is 0. The first-order chi connectivity index (χ1) is 12.5. The Labute approximate surface area is 162 Å². The Morgan fingerprint density at radius 2 is 1.54 bits per heavy atom. The van der Waals surface area contributed by atoms with Gasteiger partial charge in [0, 0.05) is 15.6 Å². The average Bonchev–Trinajstić information content (AvgIpc) is 2.62. The molecule has 0 heterocycles. The lowest BCUT2D eigenvalue weighted by Crippen LogP contribution is -2.48. The predicted octanol–water partition coefficient (Wildman–Crippen LogP) is 5.85. The molecule has 2 aromatic rings. The molecule has 4 fully saturated rings. The predicted molar refractivity (Wildman–Crippen MR) is 106 cm³/mol. The van der Waals surface area contributed by atoms with Crippen LogP contribution in [0.4, 0.5) is 0 Å². The SMILES string of the molecule is O=C(c1ccccc1)c1cc(Br)cc(C23CC4CC(CC(C4)C2)C3)c1O. The van der Waals surface area contributed by atoms with E-state index in [9.17, 15) is 9.90 Å². The molecule has 4 saturated carbocycles. The van der Waals surface area contributed by atoms with E-state index in [1.165, 1.54) is 38.5 Å². The van der Waals surface area contributed by atoms with Crippen LogP contribution in [-0.2, 0) is 5.41 Å². The Bertz CT molecular complexity index is 836. The molecule has 2 aromatic carbocycles. The maximum Gasteiger partial charge on any atom is 0.196 e. The van der Waals surface area contributed by atoms with Gasteiger partial charge in [0.05, 0.1) is 5.56 Å². The van der Waals surface area contributed by atoms with Crippen LogP contribution in [0.3, 0.4) is 0 Å². The molecule has 4 aliphatic carbocycles. The number of hydrogen-bond acceptors (Lipinski definition) is 2. The number of hydrogen-bond donors (Lipinski definition) is 1. The summed E-state index contributed by atoms with van der Waals surface area (Å²) in [6.07, 6.45) is 7.60. The smallest absolute Gasteiger partial charge is 0.196 e. The molecule has 6 rings (SSSR count). The van der Waals surface area contributed by atoms with Crippen LogP contribution in [0.2, 0.25) is 0 Å². The van der Waals surface area contributed by atoms with E-state index in [2.05, 4.69) is 22.0 Å². The van der Waals surface area contributed by atoms with Gasteiger partial charge in [-0.15, -0.1) is 0 Å². The van der Waals surface area contributed by atoms with Gasteiger partial charge in [0.1, 0.15) is 5.75 Å². The molecule has 4 aliphatic rings. The molecule has 4 bridgehead atoms. The summed E-state index contributed by atoms with van der Waals surface area (Å²) in [5, 5.41) is 11.2. The van der Waals surface area contributed by atoms with Crippen molar-refractivity contribution in [3.8, 4) is 5.75 Å². The fourth-order valence-corrected chi connectivity index (χ4v) is 6.82. The largest absolute Gasteiger partial charge is 0.507 e. The fraction of sp³-hybridized carbons (Fsp3) is 0.435. The number of phenols is 1. The Balaban J connectivity index is 1.61. The molecular weight excluding hydrogens is 388 g/mol. The van der Waals surface area contributed by atoms with Crippen molar-refractivity contribution >= 4 is 21.7 Å². The standard InChI is InChI=1S/C23H23BrO2/c24-18-9-19(21(25)17-4-2-1-3-5-17)22(26)20(10-18)23-11-14-6-15(12-23)8-16(7-14)13-23/h1-5,9-10,14-16,26H,6-8,11-13H2. The number of rotatable bonds is 3. The second-order valence-corrected chi connectivity index (χ2v) is 9.66. The number of phenolic OH excluding ortho intramolecular Hbond substituents is 1. The van der Waals surface area contributed by atoms with E-state index in [-0.39, 0.29) is 16.9 Å². The van der Waals surface area contributed by atoms with E-state index in [1.54, 1.807) is 6.07 Å². The van der Waals surface area contributed by atoms with Gasteiger partial charge in [0.15, 0.2) is 5.78 Å². The van der Waals surface area contributed by atoms with Crippen LogP contribution in [0, 0.1) is 17.8 Å². The molecule has 0 radical (unpaired) electrons. The Kier molecular flexibility index (Phi) is 3.79. The third kappa shape index (κ3) is 2.55. The monoisotopic (exact) mass is 410 g/mol. The van der Waals surface area contributed by atoms with E-state index in [4.69, 9.17) is 0 Å². The zero-order chi connectivity index (χ0) is 17.9. The maximum absolute atomic E-state index is 13.0. The van der Waals surface area contributed by atoms with Crippen LogP contribution in [0.5, 0.6) is 5.75 Å². The van der Waals surface area contributed by atoms with E-state index in [1.807, 2.05) is 30.3 Å². The zero-order valence-corrected chi connectivity index (χ0v) is 16.3. The van der Waals surface area contributed by atoms with Gasteiger partial charge in [-0.25, -0.2) is 0 Å². The van der Waals surface area contributed by atoms with Crippen LogP contribution in [-0.4, -0.2) is 10.9 Å². The summed E-state index contributed by atoms with van der Waals surface area (Å²) in [5.41, 5.74) is 2.12. The average molecular weight is 411 g/mol. The van der Waals surface area contributed by atoms with Gasteiger partial charge in [0.25, 0.3) is 0 Å². The zero-order valence-electron chi connectivity index (χ0n) is 14.7. The van der Waals surface area contributed by atoms with Crippen molar-refractivity contribution < 1.29 is 9.90 Å². The number of carbonyl (C=O) groups is 1. The molecule has 0 amide bonds. The molecule has 0 atom stereocenters. The van der Waals surface area contributed by atoms with Gasteiger partial charge in [-0.05, 0) is 73.8 Å². The van der Waals surface area contributed by atoms with E-state index in [0.717, 1.165) is 27.8 Å². The molecule has 26 heavy (non-hydrogen) atoms. The van der Waals surface area contributed by atoms with Crippen molar-refractivity contribution in [2.24, 2.45) is 17.8 Å². The lowest BCUT2D eigenvalue weighted by Gasteiger charge is -2.57. The Morgan fingerprint density at radius 3 is 2.12 bits per heavy atom. The third-order valence-electron chi connectivity index (χ3n) is 6.96. The summed E-state index contributed by atoms with van der Waals surface area (Å²) >= 11 is 3.60. The third-order valence-corrected chi connectivity index (χ3v) is 7.42. The van der Waals surface area contributed by atoms with Crippen molar-refractivity contribution in [2.75, 3.05) is 0 Å². The number of halogens is 1. The fourth-order valence-electron chi connectivity index (χ4n) is 6.36. The van der Waals surface area contributed by atoms with Gasteiger partial charge in [-0.2, -0.15) is 0 Å². The number of aromatic hydroxyl groups is 1. The first-order valence-corrected chi connectivity index (χ1v) is 10.5. The van der Waals surface area contributed by atoms with Gasteiger partial charge in [-0.3, -0.25) is 4.79 Å². The van der Waals surface area contributed by atoms with Crippen molar-refractivity contribution in [3.63, 3.8) is 0 Å². The van der Waals surface area contributed by atoms with Crippen LogP contribution < -0.4 is 0 Å². The minimum Gasteiger partial charge on any atom is -0.507 e. The van der Waals surface area contributed by atoms with Crippen molar-refractivity contribution in [3.05, 3.63) is 63.6 Å². The van der Waals surface area contributed by atoms with Crippen LogP contribution in [0.1, 0.15) is 60.0 Å². The lowest BCUT2D eigenvalue weighted by atomic mass is 9.48. The molecular formula is C23H23BrO2. The van der Waals surface area contributed by atoms with Crippen LogP contribution >= 0.6 is 15.9 Å². The van der Waals surface area contributed by atoms with Crippen molar-refractivity contribution in [1.29, 1.82) is 0 Å². The Hall–Kier alpha value is -1.61. The molecule has 1 N–H and O–H groups in total. The quantitative estimate of drug-likeness (QED) is 0.643. The van der Waals surface area contributed by atoms with E-state index < -0.39 is 0 Å². The molecule has 134 valence electrons. The molecule has 0 aromatic heterocycles. The van der Waals surface area contributed by atoms with Gasteiger partial charge >= 0.3 is 0 Å². The molecule has 2 nitrogen and oxygen atoms in total. The maximum atomic E-state index is 13.0. The molecule has 0 saturated heterocycles. The summed E-state index contributed by atoms with van der Waals surface area (Å²) in [5.74, 6) is 2.51. The van der Waals surface area contributed by atoms with Gasteiger partial charge in [0.2, 0.25) is 0 Å². The number of carbonyl (C=O) groups excluding carboxylic acids is 1. The molecule has 0 aliphatic heterocycles. The highest BCUT2D eigenvalue weighted by Gasteiger charge is 2.52. The highest BCUT2D eigenvalue weighted by molar-refractivity contribution is 9.10. The second kappa shape index (κ2) is 5.95. The first-order valence-electron chi connectivity index (χ1n) is 9.67. The first kappa shape index (κ1) is 16.6. The van der Waals surface area contributed by atoms with Gasteiger partial charge < -0.3 is 5.11 Å². The molecule has 0 unspecified atom stereocenters. The topological polar surface area (TPSA) is 37.3 Å². The summed E-state index contributed by atoms with van der Waals surface area (Å²) in [6, 6.07) is 13.1. The second-order valence-electron chi connectivity index (χ2n) is 8.74. The van der Waals surface area contributed by atoms with Gasteiger partial charge in [-0.1, -0.05) is 46.3 Å². The van der Waals surface area contributed by atoms with E-state index >= 15 is 0 Å². The molecule has 3 heteroatoms. The summed E-state index contributed by atoms with van der Waals surface area (Å²) < 4.78 is 0.889. The number of benzene rings is 2. The lowest BCUT2D eigenvalue weighted by molar-refractivity contribution is -0.00618. The minimum atomic E-state index is -0.102. The normalized spacial score (nSPS) is 32.0. The summed E-state index contributed by atoms with van der Waals surface area (Å²) in [4.78, 5) is 13.0. The van der Waals surface area contributed by atoms with Crippen LogP contribution in [0.25, 0.3) is 0 Å². The highest BCUT2D eigenvalue weighted by Crippen LogP contribution is 2.62. The van der Waals surface area contributed by atoms with E-state index in [0.29, 0.717) is 11.1 Å².